The fourth-order valence-corrected chi connectivity index (χ4v) is 4.87. The van der Waals surface area contributed by atoms with Crippen molar-refractivity contribution < 1.29 is 9.53 Å². The maximum absolute atomic E-state index is 14.1. The van der Waals surface area contributed by atoms with Crippen molar-refractivity contribution in [2.45, 2.75) is 59.9 Å². The summed E-state index contributed by atoms with van der Waals surface area (Å²) >= 11 is 0. The van der Waals surface area contributed by atoms with Gasteiger partial charge in [-0.2, -0.15) is 0 Å². The first-order chi connectivity index (χ1) is 19.1. The highest BCUT2D eigenvalue weighted by molar-refractivity contribution is 6.07. The Morgan fingerprint density at radius 2 is 1.60 bits per heavy atom. The molecule has 0 radical (unpaired) electrons. The summed E-state index contributed by atoms with van der Waals surface area (Å²) in [7, 11) is 1.60. The minimum atomic E-state index is -0.478. The molecule has 208 valence electrons. The molecule has 0 aliphatic heterocycles. The summed E-state index contributed by atoms with van der Waals surface area (Å²) in [6.45, 7) is 12.7. The molecule has 2 aromatic carbocycles. The average Bonchev–Trinajstić information content (AvgIpc) is 2.92. The lowest BCUT2D eigenvalue weighted by molar-refractivity contribution is 0.262. The number of para-hydroxylation sites is 1. The molecule has 4 rings (SSSR count). The molecule has 0 aliphatic rings. The number of carbonyl (C=O) groups is 1. The van der Waals surface area contributed by atoms with Gasteiger partial charge in [-0.05, 0) is 66.6 Å². The zero-order chi connectivity index (χ0) is 29.0. The summed E-state index contributed by atoms with van der Waals surface area (Å²) in [6, 6.07) is 16.8. The average molecular weight is 539 g/mol. The number of hydrogen-bond donors (Lipinski definition) is 2. The molecule has 0 atom stereocenters. The molecule has 2 N–H and O–H groups in total. The van der Waals surface area contributed by atoms with Gasteiger partial charge in [-0.3, -0.25) is 9.36 Å². The second-order valence-corrected chi connectivity index (χ2v) is 10.8. The van der Waals surface area contributed by atoms with Gasteiger partial charge < -0.3 is 15.4 Å². The van der Waals surface area contributed by atoms with Crippen molar-refractivity contribution in [3.05, 3.63) is 93.9 Å². The molecule has 2 heterocycles. The molecule has 0 saturated carbocycles. The van der Waals surface area contributed by atoms with Crippen LogP contribution in [0.2, 0.25) is 0 Å². The van der Waals surface area contributed by atoms with Crippen LogP contribution < -0.4 is 20.9 Å². The number of aromatic nitrogens is 2. The smallest absolute Gasteiger partial charge is 0.323 e. The number of benzene rings is 2. The highest BCUT2D eigenvalue weighted by atomic mass is 16.5. The van der Waals surface area contributed by atoms with Gasteiger partial charge in [-0.15, -0.1) is 0 Å². The van der Waals surface area contributed by atoms with Gasteiger partial charge in [0.15, 0.2) is 0 Å². The lowest BCUT2D eigenvalue weighted by Gasteiger charge is -2.21. The Morgan fingerprint density at radius 1 is 0.950 bits per heavy atom. The van der Waals surface area contributed by atoms with Crippen LogP contribution in [0.25, 0.3) is 22.2 Å². The number of fused-ring (bicyclic) bond motifs is 1. The number of nitrogens with one attached hydrogen (secondary N) is 2. The van der Waals surface area contributed by atoms with Crippen LogP contribution in [0.15, 0.2) is 77.2 Å². The molecule has 0 aliphatic carbocycles. The first kappa shape index (κ1) is 28.6. The Hall–Kier alpha value is -4.39. The van der Waals surface area contributed by atoms with E-state index >= 15 is 0 Å². The molecule has 40 heavy (non-hydrogen) atoms. The van der Waals surface area contributed by atoms with E-state index in [4.69, 9.17) is 4.74 Å². The zero-order valence-electron chi connectivity index (χ0n) is 24.3. The van der Waals surface area contributed by atoms with Crippen LogP contribution in [0, 0.1) is 0 Å². The number of anilines is 2. The van der Waals surface area contributed by atoms with Crippen molar-refractivity contribution in [2.24, 2.45) is 0 Å². The highest BCUT2D eigenvalue weighted by Crippen LogP contribution is 2.36. The number of carbonyl (C=O) groups excluding carboxylic acids is 1. The largest absolute Gasteiger partial charge is 0.497 e. The molecule has 7 heteroatoms. The predicted octanol–water partition coefficient (Wildman–Crippen LogP) is 7.93. The number of ether oxygens (including phenoxy) is 1. The van der Waals surface area contributed by atoms with E-state index in [-0.39, 0.29) is 23.1 Å². The van der Waals surface area contributed by atoms with Gasteiger partial charge >= 0.3 is 6.03 Å². The Labute approximate surface area is 235 Å². The van der Waals surface area contributed by atoms with Gasteiger partial charge in [0, 0.05) is 29.4 Å². The first-order valence-corrected chi connectivity index (χ1v) is 13.6. The van der Waals surface area contributed by atoms with E-state index in [9.17, 15) is 9.59 Å². The third kappa shape index (κ3) is 5.93. The summed E-state index contributed by atoms with van der Waals surface area (Å²) in [4.78, 5) is 32.4. The Morgan fingerprint density at radius 3 is 2.23 bits per heavy atom. The summed E-state index contributed by atoms with van der Waals surface area (Å²) in [5, 5.41) is 6.78. The summed E-state index contributed by atoms with van der Waals surface area (Å²) in [6.07, 6.45) is 3.64. The molecule has 0 fully saturated rings. The standard InChI is InChI=1S/C33H38N4O3/c1-20(2)16-18-37-31-27(15-10-17-34-31)28(23-11-8-12-24(19-23)40-7)30(32(37)38)36-33(39)35-29-25(21(3)4)13-9-14-26(29)22(5)6/h8-17,19,21-22H,18H2,1-7H3,(H2,35,36,39). The number of urea groups is 1. The second-order valence-electron chi connectivity index (χ2n) is 10.8. The molecule has 4 aromatic rings. The van der Waals surface area contributed by atoms with Gasteiger partial charge in [0.05, 0.1) is 7.11 Å². The molecule has 0 spiro atoms. The van der Waals surface area contributed by atoms with Gasteiger partial charge in [0.2, 0.25) is 0 Å². The number of hydrogen-bond acceptors (Lipinski definition) is 4. The summed E-state index contributed by atoms with van der Waals surface area (Å²) in [5.41, 5.74) is 5.66. The lowest BCUT2D eigenvalue weighted by atomic mass is 9.93. The molecule has 0 saturated heterocycles. The van der Waals surface area contributed by atoms with E-state index < -0.39 is 6.03 Å². The molecule has 2 aromatic heterocycles. The molecular formula is C33H38N4O3. The van der Waals surface area contributed by atoms with E-state index in [0.717, 1.165) is 33.3 Å². The normalized spacial score (nSPS) is 11.1. The Bertz CT molecular complexity index is 1600. The monoisotopic (exact) mass is 538 g/mol. The topological polar surface area (TPSA) is 85.3 Å². The van der Waals surface area contributed by atoms with Gasteiger partial charge in [-0.25, -0.2) is 9.78 Å². The summed E-state index contributed by atoms with van der Waals surface area (Å²) in [5.74, 6) is 1.05. The number of methoxy groups -OCH3 is 1. The van der Waals surface area contributed by atoms with Gasteiger partial charge in [0.1, 0.15) is 17.1 Å². The van der Waals surface area contributed by atoms with Crippen LogP contribution in [0.5, 0.6) is 5.75 Å². The van der Waals surface area contributed by atoms with E-state index in [1.54, 1.807) is 17.9 Å². The minimum absolute atomic E-state index is 0.182. The maximum atomic E-state index is 14.1. The third-order valence-corrected chi connectivity index (χ3v) is 6.91. The number of amides is 2. The third-order valence-electron chi connectivity index (χ3n) is 6.91. The molecule has 0 unspecified atom stereocenters. The van der Waals surface area contributed by atoms with Crippen molar-refractivity contribution in [2.75, 3.05) is 17.7 Å². The molecular weight excluding hydrogens is 500 g/mol. The highest BCUT2D eigenvalue weighted by Gasteiger charge is 2.22. The van der Waals surface area contributed by atoms with Crippen LogP contribution in [0.1, 0.15) is 64.5 Å². The van der Waals surface area contributed by atoms with E-state index in [2.05, 4.69) is 43.3 Å². The number of rotatable bonds is 8. The molecule has 0 bridgehead atoms. The van der Waals surface area contributed by atoms with Crippen LogP contribution in [0.3, 0.4) is 0 Å². The van der Waals surface area contributed by atoms with Crippen LogP contribution in [0.4, 0.5) is 16.2 Å². The van der Waals surface area contributed by atoms with Crippen molar-refractivity contribution in [1.82, 2.24) is 9.55 Å². The van der Waals surface area contributed by atoms with Gasteiger partial charge in [0.25, 0.3) is 5.56 Å². The van der Waals surface area contributed by atoms with Crippen molar-refractivity contribution >= 4 is 28.4 Å². The minimum Gasteiger partial charge on any atom is -0.497 e. The van der Waals surface area contributed by atoms with Crippen LogP contribution >= 0.6 is 0 Å². The van der Waals surface area contributed by atoms with Crippen molar-refractivity contribution in [3.8, 4) is 16.9 Å². The number of allylic oxidation sites excluding steroid dienone is 2. The number of nitrogens with zero attached hydrogens (tertiary/aromatic N) is 2. The van der Waals surface area contributed by atoms with Crippen LogP contribution in [-0.4, -0.2) is 22.7 Å². The Balaban J connectivity index is 1.92. The SMILES string of the molecule is COc1cccc(-c2c(NC(=O)Nc3c(C(C)C)cccc3C(C)C)c(=O)n(CC=C(C)C)c3ncccc23)c1. The molecule has 2 amide bonds. The van der Waals surface area contributed by atoms with E-state index in [1.165, 1.54) is 0 Å². The van der Waals surface area contributed by atoms with Crippen molar-refractivity contribution in [1.29, 1.82) is 0 Å². The lowest BCUT2D eigenvalue weighted by Crippen LogP contribution is -2.30. The van der Waals surface area contributed by atoms with Gasteiger partial charge in [-0.1, -0.05) is 69.7 Å². The number of pyridine rings is 2. The quantitative estimate of drug-likeness (QED) is 0.223. The summed E-state index contributed by atoms with van der Waals surface area (Å²) < 4.78 is 7.07. The fourth-order valence-electron chi connectivity index (χ4n) is 4.87. The van der Waals surface area contributed by atoms with Crippen LogP contribution in [-0.2, 0) is 6.54 Å². The Kier molecular flexibility index (Phi) is 8.73. The second kappa shape index (κ2) is 12.2. The molecule has 7 nitrogen and oxygen atoms in total. The fraction of sp³-hybridized carbons (Fsp3) is 0.303. The van der Waals surface area contributed by atoms with E-state index in [0.29, 0.717) is 23.5 Å². The van der Waals surface area contributed by atoms with E-state index in [1.807, 2.05) is 74.5 Å². The predicted molar refractivity (Wildman–Crippen MR) is 165 cm³/mol. The maximum Gasteiger partial charge on any atom is 0.323 e. The van der Waals surface area contributed by atoms with Crippen molar-refractivity contribution in [3.63, 3.8) is 0 Å². The zero-order valence-corrected chi connectivity index (χ0v) is 24.3. The first-order valence-electron chi connectivity index (χ1n) is 13.6.